The van der Waals surface area contributed by atoms with E-state index in [2.05, 4.69) is 12.2 Å². The van der Waals surface area contributed by atoms with Crippen LogP contribution in [0.5, 0.6) is 5.75 Å². The highest BCUT2D eigenvalue weighted by Gasteiger charge is 2.06. The summed E-state index contributed by atoms with van der Waals surface area (Å²) < 4.78 is 18.6. The van der Waals surface area contributed by atoms with Crippen LogP contribution >= 0.6 is 0 Å². The number of halogens is 1. The van der Waals surface area contributed by atoms with Gasteiger partial charge in [-0.15, -0.1) is 0 Å². The summed E-state index contributed by atoms with van der Waals surface area (Å²) in [5.74, 6) is 0.174. The Labute approximate surface area is 142 Å². The molecule has 0 bridgehead atoms. The average Bonchev–Trinajstić information content (AvgIpc) is 2.60. The van der Waals surface area contributed by atoms with Gasteiger partial charge in [0.05, 0.1) is 6.61 Å². The number of nitrogens with one attached hydrogen (secondary N) is 1. The molecule has 0 aliphatic carbocycles. The number of unbranched alkanes of at least 4 members (excludes halogenated alkanes) is 4. The summed E-state index contributed by atoms with van der Waals surface area (Å²) in [7, 11) is 0. The molecule has 2 rings (SSSR count). The van der Waals surface area contributed by atoms with Gasteiger partial charge in [-0.2, -0.15) is 0 Å². The Balaban J connectivity index is 1.77. The Morgan fingerprint density at radius 2 is 1.62 bits per heavy atom. The van der Waals surface area contributed by atoms with Gasteiger partial charge >= 0.3 is 0 Å². The smallest absolute Gasteiger partial charge is 0.255 e. The van der Waals surface area contributed by atoms with Crippen LogP contribution in [0.3, 0.4) is 0 Å². The molecule has 0 atom stereocenters. The largest absolute Gasteiger partial charge is 0.494 e. The second-order valence-electron chi connectivity index (χ2n) is 5.75. The summed E-state index contributed by atoms with van der Waals surface area (Å²) in [5, 5.41) is 2.78. The molecule has 0 saturated heterocycles. The molecular formula is C20H24FNO2. The standard InChI is InChI=1S/C20H24FNO2/c1-2-3-4-5-6-15-24-19-13-11-18(12-14-19)22-20(23)16-7-9-17(21)10-8-16/h7-14H,2-6,15H2,1H3,(H,22,23). The third kappa shape index (κ3) is 6.03. The van der Waals surface area contributed by atoms with E-state index in [0.717, 1.165) is 12.2 Å². The van der Waals surface area contributed by atoms with Crippen molar-refractivity contribution in [2.45, 2.75) is 39.0 Å². The van der Waals surface area contributed by atoms with E-state index in [-0.39, 0.29) is 11.7 Å². The maximum Gasteiger partial charge on any atom is 0.255 e. The molecule has 4 heteroatoms. The van der Waals surface area contributed by atoms with Gasteiger partial charge < -0.3 is 10.1 Å². The lowest BCUT2D eigenvalue weighted by atomic mass is 10.2. The van der Waals surface area contributed by atoms with Gasteiger partial charge in [0.25, 0.3) is 5.91 Å². The normalized spacial score (nSPS) is 10.4. The summed E-state index contributed by atoms with van der Waals surface area (Å²) in [6, 6.07) is 12.7. The van der Waals surface area contributed by atoms with Crippen LogP contribution in [-0.4, -0.2) is 12.5 Å². The van der Waals surface area contributed by atoms with Crippen molar-refractivity contribution in [2.75, 3.05) is 11.9 Å². The van der Waals surface area contributed by atoms with Crippen molar-refractivity contribution in [3.8, 4) is 5.75 Å². The van der Waals surface area contributed by atoms with Crippen LogP contribution in [0.25, 0.3) is 0 Å². The minimum absolute atomic E-state index is 0.264. The maximum atomic E-state index is 12.9. The molecular weight excluding hydrogens is 305 g/mol. The number of benzene rings is 2. The van der Waals surface area contributed by atoms with Crippen molar-refractivity contribution >= 4 is 11.6 Å². The van der Waals surface area contributed by atoms with Crippen molar-refractivity contribution in [1.82, 2.24) is 0 Å². The Morgan fingerprint density at radius 1 is 0.958 bits per heavy atom. The quantitative estimate of drug-likeness (QED) is 0.623. The fourth-order valence-corrected chi connectivity index (χ4v) is 2.33. The predicted molar refractivity (Wildman–Crippen MR) is 95.0 cm³/mol. The molecule has 24 heavy (non-hydrogen) atoms. The zero-order valence-electron chi connectivity index (χ0n) is 14.1. The number of rotatable bonds is 9. The number of amides is 1. The summed E-state index contributed by atoms with van der Waals surface area (Å²) >= 11 is 0. The zero-order valence-corrected chi connectivity index (χ0v) is 14.1. The van der Waals surface area contributed by atoms with Gasteiger partial charge in [0.2, 0.25) is 0 Å². The topological polar surface area (TPSA) is 38.3 Å². The van der Waals surface area contributed by atoms with Gasteiger partial charge in [-0.3, -0.25) is 4.79 Å². The molecule has 128 valence electrons. The Bertz CT molecular complexity index is 623. The first-order chi connectivity index (χ1) is 11.7. The molecule has 0 heterocycles. The first kappa shape index (κ1) is 18.0. The second-order valence-corrected chi connectivity index (χ2v) is 5.75. The number of anilines is 1. The molecule has 0 aromatic heterocycles. The molecule has 0 aliphatic heterocycles. The fourth-order valence-electron chi connectivity index (χ4n) is 2.33. The van der Waals surface area contributed by atoms with Gasteiger partial charge in [-0.25, -0.2) is 4.39 Å². The Morgan fingerprint density at radius 3 is 2.29 bits per heavy atom. The SMILES string of the molecule is CCCCCCCOc1ccc(NC(=O)c2ccc(F)cc2)cc1. The van der Waals surface area contributed by atoms with Gasteiger partial charge in [0.15, 0.2) is 0 Å². The molecule has 0 spiro atoms. The first-order valence-corrected chi connectivity index (χ1v) is 8.49. The lowest BCUT2D eigenvalue weighted by Crippen LogP contribution is -2.11. The average molecular weight is 329 g/mol. The summed E-state index contributed by atoms with van der Waals surface area (Å²) in [6.07, 6.45) is 6.03. The van der Waals surface area contributed by atoms with Crippen LogP contribution in [0.2, 0.25) is 0 Å². The molecule has 2 aromatic rings. The van der Waals surface area contributed by atoms with Gasteiger partial charge in [-0.05, 0) is 55.0 Å². The number of carbonyl (C=O) groups excluding carboxylic acids is 1. The molecule has 0 radical (unpaired) electrons. The van der Waals surface area contributed by atoms with E-state index in [1.54, 1.807) is 12.1 Å². The lowest BCUT2D eigenvalue weighted by Gasteiger charge is -2.08. The zero-order chi connectivity index (χ0) is 17.2. The third-order valence-electron chi connectivity index (χ3n) is 3.74. The van der Waals surface area contributed by atoms with Crippen molar-refractivity contribution in [3.63, 3.8) is 0 Å². The van der Waals surface area contributed by atoms with Gasteiger partial charge in [0.1, 0.15) is 11.6 Å². The minimum atomic E-state index is -0.359. The van der Waals surface area contributed by atoms with E-state index in [0.29, 0.717) is 17.9 Å². The van der Waals surface area contributed by atoms with Crippen LogP contribution < -0.4 is 10.1 Å². The highest BCUT2D eigenvalue weighted by Crippen LogP contribution is 2.17. The van der Waals surface area contributed by atoms with Gasteiger partial charge in [-0.1, -0.05) is 32.6 Å². The summed E-state index contributed by atoms with van der Waals surface area (Å²) in [5.41, 5.74) is 1.10. The third-order valence-corrected chi connectivity index (χ3v) is 3.74. The monoisotopic (exact) mass is 329 g/mol. The second kappa shape index (κ2) is 9.71. The molecule has 1 amide bonds. The summed E-state index contributed by atoms with van der Waals surface area (Å²) in [4.78, 5) is 12.0. The molecule has 1 N–H and O–H groups in total. The molecule has 2 aromatic carbocycles. The van der Waals surface area contributed by atoms with Crippen molar-refractivity contribution < 1.29 is 13.9 Å². The molecule has 0 saturated carbocycles. The Hall–Kier alpha value is -2.36. The highest BCUT2D eigenvalue weighted by atomic mass is 19.1. The van der Waals surface area contributed by atoms with E-state index in [1.807, 2.05) is 12.1 Å². The van der Waals surface area contributed by atoms with E-state index in [9.17, 15) is 9.18 Å². The van der Waals surface area contributed by atoms with Crippen molar-refractivity contribution in [2.24, 2.45) is 0 Å². The van der Waals surface area contributed by atoms with Crippen molar-refractivity contribution in [3.05, 3.63) is 59.9 Å². The maximum absolute atomic E-state index is 12.9. The summed E-state index contributed by atoms with van der Waals surface area (Å²) in [6.45, 7) is 2.91. The van der Waals surface area contributed by atoms with Crippen LogP contribution in [0.4, 0.5) is 10.1 Å². The Kier molecular flexibility index (Phi) is 7.27. The molecule has 3 nitrogen and oxygen atoms in total. The molecule has 0 unspecified atom stereocenters. The van der Waals surface area contributed by atoms with E-state index in [4.69, 9.17) is 4.74 Å². The molecule has 0 fully saturated rings. The van der Waals surface area contributed by atoms with Gasteiger partial charge in [0, 0.05) is 11.3 Å². The molecule has 0 aliphatic rings. The van der Waals surface area contributed by atoms with Crippen LogP contribution in [-0.2, 0) is 0 Å². The number of carbonyl (C=O) groups is 1. The number of hydrogen-bond acceptors (Lipinski definition) is 2. The minimum Gasteiger partial charge on any atom is -0.494 e. The van der Waals surface area contributed by atoms with Crippen LogP contribution in [0.15, 0.2) is 48.5 Å². The van der Waals surface area contributed by atoms with E-state index >= 15 is 0 Å². The van der Waals surface area contributed by atoms with E-state index in [1.165, 1.54) is 49.9 Å². The van der Waals surface area contributed by atoms with Crippen LogP contribution in [0.1, 0.15) is 49.4 Å². The predicted octanol–water partition coefficient (Wildman–Crippen LogP) is 5.43. The number of ether oxygens (including phenoxy) is 1. The first-order valence-electron chi connectivity index (χ1n) is 8.49. The number of hydrogen-bond donors (Lipinski definition) is 1. The van der Waals surface area contributed by atoms with Crippen molar-refractivity contribution in [1.29, 1.82) is 0 Å². The highest BCUT2D eigenvalue weighted by molar-refractivity contribution is 6.04. The van der Waals surface area contributed by atoms with E-state index < -0.39 is 0 Å². The lowest BCUT2D eigenvalue weighted by molar-refractivity contribution is 0.102. The fraction of sp³-hybridized carbons (Fsp3) is 0.350. The van der Waals surface area contributed by atoms with Crippen LogP contribution in [0, 0.1) is 5.82 Å².